The zero-order valence-electron chi connectivity index (χ0n) is 15.1. The van der Waals surface area contributed by atoms with Crippen molar-refractivity contribution in [2.24, 2.45) is 0 Å². The van der Waals surface area contributed by atoms with Gasteiger partial charge in [-0.1, -0.05) is 41.9 Å². The van der Waals surface area contributed by atoms with Gasteiger partial charge in [0.2, 0.25) is 5.91 Å². The maximum atomic E-state index is 12.3. The third kappa shape index (κ3) is 6.00. The molecule has 27 heavy (non-hydrogen) atoms. The SMILES string of the molecule is O=C(Cc1ccccc1)NC1CCN(C(=O)COc2ccc(Cl)cc2)CC1. The average Bonchev–Trinajstić information content (AvgIpc) is 2.68. The molecule has 2 aromatic rings. The van der Waals surface area contributed by atoms with Crippen molar-refractivity contribution in [3.8, 4) is 5.75 Å². The van der Waals surface area contributed by atoms with Crippen molar-refractivity contribution in [2.45, 2.75) is 25.3 Å². The van der Waals surface area contributed by atoms with Crippen LogP contribution in [0.4, 0.5) is 0 Å². The van der Waals surface area contributed by atoms with Gasteiger partial charge in [0.15, 0.2) is 6.61 Å². The topological polar surface area (TPSA) is 58.6 Å². The first-order chi connectivity index (χ1) is 13.1. The third-order valence-corrected chi connectivity index (χ3v) is 4.85. The highest BCUT2D eigenvalue weighted by Crippen LogP contribution is 2.16. The first-order valence-electron chi connectivity index (χ1n) is 9.09. The number of carbonyl (C=O) groups is 2. The average molecular weight is 387 g/mol. The number of benzene rings is 2. The molecule has 0 atom stereocenters. The number of rotatable bonds is 6. The molecule has 0 bridgehead atoms. The largest absolute Gasteiger partial charge is 0.484 e. The van der Waals surface area contributed by atoms with E-state index in [4.69, 9.17) is 16.3 Å². The summed E-state index contributed by atoms with van der Waals surface area (Å²) in [4.78, 5) is 26.2. The maximum absolute atomic E-state index is 12.3. The number of halogens is 1. The van der Waals surface area contributed by atoms with Crippen LogP contribution in [0.15, 0.2) is 54.6 Å². The summed E-state index contributed by atoms with van der Waals surface area (Å²) in [5.74, 6) is 0.604. The molecule has 142 valence electrons. The second-order valence-corrected chi connectivity index (χ2v) is 7.06. The Kier molecular flexibility index (Phi) is 6.71. The van der Waals surface area contributed by atoms with Crippen LogP contribution in [0, 0.1) is 0 Å². The standard InChI is InChI=1S/C21H23ClN2O3/c22-17-6-8-19(9-7-17)27-15-21(26)24-12-10-18(11-13-24)23-20(25)14-16-4-2-1-3-5-16/h1-9,18H,10-15H2,(H,23,25). The minimum atomic E-state index is -0.0426. The van der Waals surface area contributed by atoms with E-state index in [2.05, 4.69) is 5.32 Å². The number of ether oxygens (including phenoxy) is 1. The first kappa shape index (κ1) is 19.2. The lowest BCUT2D eigenvalue weighted by Crippen LogP contribution is -2.48. The van der Waals surface area contributed by atoms with Gasteiger partial charge in [-0.25, -0.2) is 0 Å². The predicted octanol–water partition coefficient (Wildman–Crippen LogP) is 3.07. The number of piperidine rings is 1. The lowest BCUT2D eigenvalue weighted by atomic mass is 10.0. The Bertz CT molecular complexity index is 757. The fourth-order valence-corrected chi connectivity index (χ4v) is 3.23. The lowest BCUT2D eigenvalue weighted by molar-refractivity contribution is -0.134. The molecule has 1 N–H and O–H groups in total. The summed E-state index contributed by atoms with van der Waals surface area (Å²) >= 11 is 5.83. The molecule has 6 heteroatoms. The van der Waals surface area contributed by atoms with Crippen molar-refractivity contribution in [3.63, 3.8) is 0 Å². The summed E-state index contributed by atoms with van der Waals surface area (Å²) in [7, 11) is 0. The number of likely N-dealkylation sites (tertiary alicyclic amines) is 1. The summed E-state index contributed by atoms with van der Waals surface area (Å²) in [5, 5.41) is 3.70. The maximum Gasteiger partial charge on any atom is 0.260 e. The molecule has 1 heterocycles. The van der Waals surface area contributed by atoms with E-state index in [9.17, 15) is 9.59 Å². The van der Waals surface area contributed by atoms with E-state index in [1.807, 2.05) is 30.3 Å². The first-order valence-corrected chi connectivity index (χ1v) is 9.47. The molecule has 1 fully saturated rings. The smallest absolute Gasteiger partial charge is 0.260 e. The molecule has 0 unspecified atom stereocenters. The minimum absolute atomic E-state index is 0.00661. The number of hydrogen-bond acceptors (Lipinski definition) is 3. The molecule has 0 spiro atoms. The van der Waals surface area contributed by atoms with E-state index in [0.717, 1.165) is 18.4 Å². The Morgan fingerprint density at radius 1 is 1.04 bits per heavy atom. The van der Waals surface area contributed by atoms with Gasteiger partial charge in [0, 0.05) is 24.2 Å². The molecule has 1 aliphatic rings. The fourth-order valence-electron chi connectivity index (χ4n) is 3.10. The molecular weight excluding hydrogens is 364 g/mol. The Morgan fingerprint density at radius 2 is 1.70 bits per heavy atom. The molecule has 2 aromatic carbocycles. The number of hydrogen-bond donors (Lipinski definition) is 1. The highest BCUT2D eigenvalue weighted by molar-refractivity contribution is 6.30. The fraction of sp³-hybridized carbons (Fsp3) is 0.333. The molecule has 1 saturated heterocycles. The minimum Gasteiger partial charge on any atom is -0.484 e. The molecule has 3 rings (SSSR count). The van der Waals surface area contributed by atoms with Crippen LogP contribution in [0.2, 0.25) is 5.02 Å². The number of carbonyl (C=O) groups excluding carboxylic acids is 2. The van der Waals surface area contributed by atoms with E-state index >= 15 is 0 Å². The van der Waals surface area contributed by atoms with Crippen LogP contribution in [-0.4, -0.2) is 42.5 Å². The second-order valence-electron chi connectivity index (χ2n) is 6.63. The highest BCUT2D eigenvalue weighted by atomic mass is 35.5. The van der Waals surface area contributed by atoms with Gasteiger partial charge in [0.25, 0.3) is 5.91 Å². The van der Waals surface area contributed by atoms with Gasteiger partial charge >= 0.3 is 0 Å². The van der Waals surface area contributed by atoms with Crippen LogP contribution in [-0.2, 0) is 16.0 Å². The van der Waals surface area contributed by atoms with Gasteiger partial charge in [-0.15, -0.1) is 0 Å². The van der Waals surface area contributed by atoms with Crippen molar-refractivity contribution >= 4 is 23.4 Å². The molecule has 2 amide bonds. The monoisotopic (exact) mass is 386 g/mol. The van der Waals surface area contributed by atoms with Gasteiger partial charge in [0.05, 0.1) is 6.42 Å². The van der Waals surface area contributed by atoms with Crippen LogP contribution in [0.3, 0.4) is 0 Å². The highest BCUT2D eigenvalue weighted by Gasteiger charge is 2.24. The third-order valence-electron chi connectivity index (χ3n) is 4.60. The Hall–Kier alpha value is -2.53. The zero-order valence-corrected chi connectivity index (χ0v) is 15.8. The Morgan fingerprint density at radius 3 is 2.37 bits per heavy atom. The van der Waals surface area contributed by atoms with Crippen molar-refractivity contribution in [1.82, 2.24) is 10.2 Å². The summed E-state index contributed by atoms with van der Waals surface area (Å²) in [6, 6.07) is 16.7. The molecule has 0 saturated carbocycles. The normalized spacial score (nSPS) is 14.6. The summed E-state index contributed by atoms with van der Waals surface area (Å²) < 4.78 is 5.51. The summed E-state index contributed by atoms with van der Waals surface area (Å²) in [6.07, 6.45) is 1.90. The molecule has 0 radical (unpaired) electrons. The van der Waals surface area contributed by atoms with Gasteiger partial charge in [-0.05, 0) is 42.7 Å². The Labute approximate surface area is 164 Å². The quantitative estimate of drug-likeness (QED) is 0.830. The number of amides is 2. The lowest BCUT2D eigenvalue weighted by Gasteiger charge is -2.32. The van der Waals surface area contributed by atoms with Gasteiger partial charge in [-0.3, -0.25) is 9.59 Å². The van der Waals surface area contributed by atoms with Crippen LogP contribution in [0.25, 0.3) is 0 Å². The van der Waals surface area contributed by atoms with Crippen LogP contribution >= 0.6 is 11.6 Å². The van der Waals surface area contributed by atoms with Crippen molar-refractivity contribution in [1.29, 1.82) is 0 Å². The van der Waals surface area contributed by atoms with Crippen molar-refractivity contribution < 1.29 is 14.3 Å². The number of nitrogens with one attached hydrogen (secondary N) is 1. The molecule has 0 aromatic heterocycles. The molecule has 5 nitrogen and oxygen atoms in total. The van der Waals surface area contributed by atoms with E-state index in [-0.39, 0.29) is 24.5 Å². The van der Waals surface area contributed by atoms with Crippen LogP contribution in [0.1, 0.15) is 18.4 Å². The van der Waals surface area contributed by atoms with Crippen molar-refractivity contribution in [3.05, 3.63) is 65.2 Å². The van der Waals surface area contributed by atoms with Gasteiger partial charge in [0.1, 0.15) is 5.75 Å². The van der Waals surface area contributed by atoms with E-state index in [0.29, 0.717) is 30.3 Å². The predicted molar refractivity (Wildman–Crippen MR) is 105 cm³/mol. The van der Waals surface area contributed by atoms with E-state index in [1.165, 1.54) is 0 Å². The van der Waals surface area contributed by atoms with Crippen LogP contribution in [0.5, 0.6) is 5.75 Å². The second kappa shape index (κ2) is 9.42. The van der Waals surface area contributed by atoms with E-state index < -0.39 is 0 Å². The summed E-state index contributed by atoms with van der Waals surface area (Å²) in [6.45, 7) is 1.25. The van der Waals surface area contributed by atoms with Crippen molar-refractivity contribution in [2.75, 3.05) is 19.7 Å². The molecular formula is C21H23ClN2O3. The van der Waals surface area contributed by atoms with Gasteiger partial charge in [-0.2, -0.15) is 0 Å². The van der Waals surface area contributed by atoms with Crippen LogP contribution < -0.4 is 10.1 Å². The molecule has 0 aliphatic carbocycles. The number of nitrogens with zero attached hydrogens (tertiary/aromatic N) is 1. The van der Waals surface area contributed by atoms with Gasteiger partial charge < -0.3 is 15.0 Å². The molecule has 1 aliphatic heterocycles. The summed E-state index contributed by atoms with van der Waals surface area (Å²) in [5.41, 5.74) is 1.00. The van der Waals surface area contributed by atoms with E-state index in [1.54, 1.807) is 29.2 Å². The zero-order chi connectivity index (χ0) is 19.1. The Balaban J connectivity index is 1.38.